The normalized spacial score (nSPS) is 12.8. The van der Waals surface area contributed by atoms with Crippen molar-refractivity contribution in [1.82, 2.24) is 10.6 Å². The van der Waals surface area contributed by atoms with Crippen LogP contribution in [-0.2, 0) is 0 Å². The first kappa shape index (κ1) is 20.2. The highest BCUT2D eigenvalue weighted by Crippen LogP contribution is 2.25. The predicted molar refractivity (Wildman–Crippen MR) is 96.0 cm³/mol. The predicted octanol–water partition coefficient (Wildman–Crippen LogP) is 2.60. The molecule has 3 N–H and O–H groups in total. The molecule has 0 aliphatic heterocycles. The maximum atomic E-state index is 12.3. The minimum absolute atomic E-state index is 0.113. The van der Waals surface area contributed by atoms with Crippen LogP contribution in [0.5, 0.6) is 0 Å². The summed E-state index contributed by atoms with van der Waals surface area (Å²) in [6.45, 7) is 10.7. The van der Waals surface area contributed by atoms with E-state index in [2.05, 4.69) is 10.6 Å². The molecule has 0 spiro atoms. The highest BCUT2D eigenvalue weighted by Gasteiger charge is 2.30. The highest BCUT2D eigenvalue weighted by atomic mass is 16.3. The second kappa shape index (κ2) is 8.83. The number of rotatable bonds is 8. The lowest BCUT2D eigenvalue weighted by Crippen LogP contribution is -2.43. The zero-order chi connectivity index (χ0) is 18.3. The van der Waals surface area contributed by atoms with Gasteiger partial charge in [0.2, 0.25) is 0 Å². The molecule has 134 valence electrons. The van der Waals surface area contributed by atoms with Gasteiger partial charge in [0.15, 0.2) is 0 Å². The van der Waals surface area contributed by atoms with Gasteiger partial charge in [-0.3, -0.25) is 9.59 Å². The van der Waals surface area contributed by atoms with Gasteiger partial charge in [0.25, 0.3) is 11.8 Å². The van der Waals surface area contributed by atoms with E-state index in [0.717, 1.165) is 6.42 Å². The molecule has 0 fully saturated rings. The van der Waals surface area contributed by atoms with Crippen LogP contribution in [0.4, 0.5) is 0 Å². The van der Waals surface area contributed by atoms with Gasteiger partial charge in [0, 0.05) is 29.6 Å². The molecule has 1 atom stereocenters. The maximum Gasteiger partial charge on any atom is 0.251 e. The molecule has 0 radical (unpaired) electrons. The van der Waals surface area contributed by atoms with Crippen LogP contribution in [0.1, 0.15) is 61.8 Å². The van der Waals surface area contributed by atoms with Crippen LogP contribution in [0.3, 0.4) is 0 Å². The molecular weight excluding hydrogens is 304 g/mol. The molecular formula is C19H30N2O3. The van der Waals surface area contributed by atoms with Crippen molar-refractivity contribution in [1.29, 1.82) is 0 Å². The lowest BCUT2D eigenvalue weighted by Gasteiger charge is -2.33. The Kier molecular flexibility index (Phi) is 7.42. The van der Waals surface area contributed by atoms with Crippen LogP contribution in [0.15, 0.2) is 24.3 Å². The summed E-state index contributed by atoms with van der Waals surface area (Å²) in [6, 6.07) is 6.65. The number of carbonyl (C=O) groups excluding carboxylic acids is 2. The van der Waals surface area contributed by atoms with Crippen molar-refractivity contribution in [3.8, 4) is 0 Å². The van der Waals surface area contributed by atoms with Gasteiger partial charge >= 0.3 is 0 Å². The van der Waals surface area contributed by atoms with Crippen LogP contribution in [0.2, 0.25) is 0 Å². The fourth-order valence-corrected chi connectivity index (χ4v) is 2.56. The summed E-state index contributed by atoms with van der Waals surface area (Å²) >= 11 is 0. The largest absolute Gasteiger partial charge is 0.392 e. The highest BCUT2D eigenvalue weighted by molar-refractivity contribution is 5.99. The first-order valence-electron chi connectivity index (χ1n) is 8.53. The number of aliphatic hydroxyl groups is 1. The third kappa shape index (κ3) is 5.64. The first-order chi connectivity index (χ1) is 11.2. The summed E-state index contributed by atoms with van der Waals surface area (Å²) in [5.74, 6) is -0.311. The molecule has 0 aromatic heterocycles. The minimum atomic E-state index is -0.510. The van der Waals surface area contributed by atoms with Gasteiger partial charge in [-0.05, 0) is 30.5 Å². The minimum Gasteiger partial charge on any atom is -0.392 e. The molecule has 0 bridgehead atoms. The smallest absolute Gasteiger partial charge is 0.251 e. The van der Waals surface area contributed by atoms with E-state index in [1.54, 1.807) is 24.3 Å². The SMILES string of the molecule is CCCNC(=O)c1cccc(C(=O)NCC(C)(C)C(O)C(C)C)c1. The number of amides is 2. The zero-order valence-electron chi connectivity index (χ0n) is 15.3. The number of hydrogen-bond acceptors (Lipinski definition) is 3. The molecule has 0 heterocycles. The molecule has 24 heavy (non-hydrogen) atoms. The molecule has 0 aliphatic carbocycles. The third-order valence-corrected chi connectivity index (χ3v) is 4.06. The van der Waals surface area contributed by atoms with E-state index in [1.807, 2.05) is 34.6 Å². The van der Waals surface area contributed by atoms with Gasteiger partial charge < -0.3 is 15.7 Å². The van der Waals surface area contributed by atoms with E-state index in [9.17, 15) is 14.7 Å². The van der Waals surface area contributed by atoms with Crippen LogP contribution >= 0.6 is 0 Å². The van der Waals surface area contributed by atoms with Crippen molar-refractivity contribution >= 4 is 11.8 Å². The van der Waals surface area contributed by atoms with Crippen LogP contribution in [-0.4, -0.2) is 36.1 Å². The molecule has 2 amide bonds. The van der Waals surface area contributed by atoms with Gasteiger partial charge in [-0.1, -0.05) is 40.7 Å². The summed E-state index contributed by atoms with van der Waals surface area (Å²) < 4.78 is 0. The fourth-order valence-electron chi connectivity index (χ4n) is 2.56. The standard InChI is InChI=1S/C19H30N2O3/c1-6-10-20-17(23)14-8-7-9-15(11-14)18(24)21-12-19(4,5)16(22)13(2)3/h7-9,11,13,16,22H,6,10,12H2,1-5H3,(H,20,23)(H,21,24). The Labute approximate surface area is 144 Å². The van der Waals surface area contributed by atoms with Crippen molar-refractivity contribution in [2.24, 2.45) is 11.3 Å². The van der Waals surface area contributed by atoms with Crippen LogP contribution < -0.4 is 10.6 Å². The number of nitrogens with one attached hydrogen (secondary N) is 2. The first-order valence-corrected chi connectivity index (χ1v) is 8.53. The molecule has 5 nitrogen and oxygen atoms in total. The van der Waals surface area contributed by atoms with Crippen LogP contribution in [0, 0.1) is 11.3 Å². The molecule has 1 aromatic rings. The Morgan fingerprint density at radius 2 is 1.67 bits per heavy atom. The van der Waals surface area contributed by atoms with E-state index >= 15 is 0 Å². The van der Waals surface area contributed by atoms with E-state index in [0.29, 0.717) is 24.2 Å². The summed E-state index contributed by atoms with van der Waals surface area (Å²) in [5, 5.41) is 15.9. The van der Waals surface area contributed by atoms with Gasteiger partial charge in [-0.15, -0.1) is 0 Å². The zero-order valence-corrected chi connectivity index (χ0v) is 15.3. The molecule has 1 rings (SSSR count). The van der Waals surface area contributed by atoms with E-state index in [4.69, 9.17) is 0 Å². The topological polar surface area (TPSA) is 78.4 Å². The van der Waals surface area contributed by atoms with Gasteiger partial charge in [0.1, 0.15) is 0 Å². The molecule has 0 aliphatic rings. The maximum absolute atomic E-state index is 12.3. The summed E-state index contributed by atoms with van der Waals surface area (Å²) in [4.78, 5) is 24.3. The molecule has 0 saturated heterocycles. The Morgan fingerprint density at radius 3 is 2.17 bits per heavy atom. The Bertz CT molecular complexity index is 567. The second-order valence-electron chi connectivity index (χ2n) is 7.20. The van der Waals surface area contributed by atoms with Crippen molar-refractivity contribution < 1.29 is 14.7 Å². The monoisotopic (exact) mass is 334 g/mol. The molecule has 5 heteroatoms. The van der Waals surface area contributed by atoms with Gasteiger partial charge in [0.05, 0.1) is 6.10 Å². The number of carbonyl (C=O) groups is 2. The lowest BCUT2D eigenvalue weighted by molar-refractivity contribution is 0.0138. The van der Waals surface area contributed by atoms with Crippen molar-refractivity contribution in [2.45, 2.75) is 47.1 Å². The summed E-state index contributed by atoms with van der Waals surface area (Å²) in [7, 11) is 0. The summed E-state index contributed by atoms with van der Waals surface area (Å²) in [5.41, 5.74) is 0.478. The average molecular weight is 334 g/mol. The quantitative estimate of drug-likeness (QED) is 0.684. The van der Waals surface area contributed by atoms with Gasteiger partial charge in [-0.25, -0.2) is 0 Å². The number of benzene rings is 1. The van der Waals surface area contributed by atoms with Crippen LogP contribution in [0.25, 0.3) is 0 Å². The average Bonchev–Trinajstić information content (AvgIpc) is 2.56. The molecule has 1 unspecified atom stereocenters. The third-order valence-electron chi connectivity index (χ3n) is 4.06. The Hall–Kier alpha value is -1.88. The lowest BCUT2D eigenvalue weighted by atomic mass is 9.80. The number of hydrogen-bond donors (Lipinski definition) is 3. The van der Waals surface area contributed by atoms with E-state index < -0.39 is 11.5 Å². The molecule has 1 aromatic carbocycles. The summed E-state index contributed by atoms with van der Waals surface area (Å²) in [6.07, 6.45) is 0.350. The van der Waals surface area contributed by atoms with Crippen molar-refractivity contribution in [2.75, 3.05) is 13.1 Å². The molecule has 0 saturated carbocycles. The van der Waals surface area contributed by atoms with E-state index in [-0.39, 0.29) is 17.7 Å². The Balaban J connectivity index is 2.73. The van der Waals surface area contributed by atoms with Gasteiger partial charge in [-0.2, -0.15) is 0 Å². The second-order valence-corrected chi connectivity index (χ2v) is 7.20. The van der Waals surface area contributed by atoms with Crippen molar-refractivity contribution in [3.05, 3.63) is 35.4 Å². The van der Waals surface area contributed by atoms with E-state index in [1.165, 1.54) is 0 Å². The number of aliphatic hydroxyl groups excluding tert-OH is 1. The van der Waals surface area contributed by atoms with Crippen molar-refractivity contribution in [3.63, 3.8) is 0 Å². The Morgan fingerprint density at radius 1 is 1.12 bits per heavy atom. The fraction of sp³-hybridized carbons (Fsp3) is 0.579.